The van der Waals surface area contributed by atoms with Crippen molar-refractivity contribution in [2.45, 2.75) is 13.8 Å². The average molecular weight is 289 g/mol. The molecule has 0 aliphatic rings. The summed E-state index contributed by atoms with van der Waals surface area (Å²) in [6.07, 6.45) is 0. The summed E-state index contributed by atoms with van der Waals surface area (Å²) in [4.78, 5) is 15.8. The van der Waals surface area contributed by atoms with Gasteiger partial charge in [-0.1, -0.05) is 18.2 Å². The first-order valence-corrected chi connectivity index (χ1v) is 6.99. The summed E-state index contributed by atoms with van der Waals surface area (Å²) in [6.45, 7) is 3.90. The van der Waals surface area contributed by atoms with Crippen LogP contribution in [-0.2, 0) is 0 Å². The second kappa shape index (κ2) is 5.38. The largest absolute Gasteiger partial charge is 0.358 e. The van der Waals surface area contributed by atoms with E-state index in [9.17, 15) is 4.79 Å². The van der Waals surface area contributed by atoms with Crippen LogP contribution in [0, 0.1) is 25.2 Å². The molecular formula is C18H15N3O. The number of nitrogens with one attached hydrogen (secondary N) is 2. The molecule has 0 unspecified atom stereocenters. The maximum atomic E-state index is 12.6. The molecule has 0 spiro atoms. The number of aromatic nitrogens is 1. The summed E-state index contributed by atoms with van der Waals surface area (Å²) in [5.74, 6) is -0.178. The zero-order valence-corrected chi connectivity index (χ0v) is 12.4. The van der Waals surface area contributed by atoms with Gasteiger partial charge in [-0.2, -0.15) is 5.26 Å². The van der Waals surface area contributed by atoms with Crippen LogP contribution >= 0.6 is 0 Å². The Morgan fingerprint density at radius 3 is 2.77 bits per heavy atom. The molecule has 0 radical (unpaired) electrons. The quantitative estimate of drug-likeness (QED) is 0.751. The van der Waals surface area contributed by atoms with Crippen molar-refractivity contribution in [1.82, 2.24) is 4.98 Å². The number of rotatable bonds is 2. The van der Waals surface area contributed by atoms with Crippen molar-refractivity contribution in [3.63, 3.8) is 0 Å². The summed E-state index contributed by atoms with van der Waals surface area (Å²) in [7, 11) is 0. The van der Waals surface area contributed by atoms with Gasteiger partial charge in [0, 0.05) is 22.3 Å². The van der Waals surface area contributed by atoms with Gasteiger partial charge in [-0.15, -0.1) is 0 Å². The molecule has 4 heteroatoms. The smallest absolute Gasteiger partial charge is 0.258 e. The van der Waals surface area contributed by atoms with Gasteiger partial charge in [-0.25, -0.2) is 0 Å². The van der Waals surface area contributed by atoms with E-state index in [1.165, 1.54) is 0 Å². The predicted molar refractivity (Wildman–Crippen MR) is 86.9 cm³/mol. The fraction of sp³-hybridized carbons (Fsp3) is 0.111. The molecule has 0 aliphatic carbocycles. The van der Waals surface area contributed by atoms with Crippen molar-refractivity contribution in [2.24, 2.45) is 0 Å². The maximum absolute atomic E-state index is 12.6. The summed E-state index contributed by atoms with van der Waals surface area (Å²) < 4.78 is 0. The lowest BCUT2D eigenvalue weighted by Gasteiger charge is -2.06. The molecule has 0 saturated heterocycles. The second-order valence-corrected chi connectivity index (χ2v) is 5.32. The van der Waals surface area contributed by atoms with Gasteiger partial charge in [0.25, 0.3) is 5.91 Å². The van der Waals surface area contributed by atoms with Crippen molar-refractivity contribution >= 4 is 22.5 Å². The molecule has 1 amide bonds. The second-order valence-electron chi connectivity index (χ2n) is 5.32. The van der Waals surface area contributed by atoms with Gasteiger partial charge in [0.2, 0.25) is 0 Å². The normalized spacial score (nSPS) is 10.4. The minimum atomic E-state index is -0.178. The van der Waals surface area contributed by atoms with Crippen LogP contribution in [0.15, 0.2) is 42.5 Å². The molecule has 0 aliphatic heterocycles. The zero-order chi connectivity index (χ0) is 15.7. The predicted octanol–water partition coefficient (Wildman–Crippen LogP) is 3.91. The van der Waals surface area contributed by atoms with E-state index in [2.05, 4.69) is 16.4 Å². The van der Waals surface area contributed by atoms with Crippen molar-refractivity contribution in [1.29, 1.82) is 5.26 Å². The third-order valence-electron chi connectivity index (χ3n) is 3.62. The van der Waals surface area contributed by atoms with E-state index >= 15 is 0 Å². The van der Waals surface area contributed by atoms with Crippen LogP contribution in [0.2, 0.25) is 0 Å². The van der Waals surface area contributed by atoms with Gasteiger partial charge in [-0.3, -0.25) is 4.79 Å². The van der Waals surface area contributed by atoms with Crippen LogP contribution in [0.25, 0.3) is 10.9 Å². The van der Waals surface area contributed by atoms with Gasteiger partial charge in [0.05, 0.1) is 17.2 Å². The van der Waals surface area contributed by atoms with E-state index < -0.39 is 0 Å². The number of nitrogens with zero attached hydrogens (tertiary/aromatic N) is 1. The first-order valence-electron chi connectivity index (χ1n) is 6.99. The number of aryl methyl sites for hydroxylation is 2. The Hall–Kier alpha value is -3.06. The van der Waals surface area contributed by atoms with Gasteiger partial charge >= 0.3 is 0 Å². The Bertz CT molecular complexity index is 916. The molecule has 0 saturated carbocycles. The molecule has 108 valence electrons. The van der Waals surface area contributed by atoms with Crippen LogP contribution in [-0.4, -0.2) is 10.9 Å². The standard InChI is InChI=1S/C18H15N3O/c1-11-6-7-15-16(8-11)20-12(2)17(15)18(22)21-14-5-3-4-13(9-14)10-19/h3-9,20H,1-2H3,(H,21,22). The first-order chi connectivity index (χ1) is 10.6. The number of nitriles is 1. The summed E-state index contributed by atoms with van der Waals surface area (Å²) in [6, 6.07) is 14.9. The molecule has 0 atom stereocenters. The monoisotopic (exact) mass is 289 g/mol. The number of carbonyl (C=O) groups is 1. The van der Waals surface area contributed by atoms with E-state index in [1.807, 2.05) is 32.0 Å². The Morgan fingerprint density at radius 2 is 2.00 bits per heavy atom. The maximum Gasteiger partial charge on any atom is 0.258 e. The molecule has 0 bridgehead atoms. The number of anilines is 1. The van der Waals surface area contributed by atoms with E-state index in [4.69, 9.17) is 5.26 Å². The lowest BCUT2D eigenvalue weighted by atomic mass is 10.1. The Balaban J connectivity index is 1.98. The molecule has 0 fully saturated rings. The Labute approximate surface area is 128 Å². The zero-order valence-electron chi connectivity index (χ0n) is 12.4. The molecule has 3 rings (SSSR count). The average Bonchev–Trinajstić information content (AvgIpc) is 2.82. The minimum absolute atomic E-state index is 0.178. The van der Waals surface area contributed by atoms with Gasteiger partial charge in [0.1, 0.15) is 0 Å². The van der Waals surface area contributed by atoms with E-state index in [-0.39, 0.29) is 5.91 Å². The molecule has 4 nitrogen and oxygen atoms in total. The van der Waals surface area contributed by atoms with Crippen molar-refractivity contribution in [3.8, 4) is 6.07 Å². The summed E-state index contributed by atoms with van der Waals surface area (Å²) in [5, 5.41) is 12.7. The minimum Gasteiger partial charge on any atom is -0.358 e. The van der Waals surface area contributed by atoms with Crippen LogP contribution in [0.1, 0.15) is 27.2 Å². The summed E-state index contributed by atoms with van der Waals surface area (Å²) in [5.41, 5.74) is 4.69. The van der Waals surface area contributed by atoms with E-state index in [0.29, 0.717) is 16.8 Å². The summed E-state index contributed by atoms with van der Waals surface area (Å²) >= 11 is 0. The molecule has 3 aromatic rings. The van der Waals surface area contributed by atoms with Crippen LogP contribution in [0.4, 0.5) is 5.69 Å². The highest BCUT2D eigenvalue weighted by atomic mass is 16.1. The number of fused-ring (bicyclic) bond motifs is 1. The number of H-pyrrole nitrogens is 1. The van der Waals surface area contributed by atoms with Gasteiger partial charge in [0.15, 0.2) is 0 Å². The number of amides is 1. The molecule has 22 heavy (non-hydrogen) atoms. The SMILES string of the molecule is Cc1ccc2c(C(=O)Nc3cccc(C#N)c3)c(C)[nH]c2c1. The fourth-order valence-electron chi connectivity index (χ4n) is 2.60. The van der Waals surface area contributed by atoms with Gasteiger partial charge in [-0.05, 0) is 43.7 Å². The van der Waals surface area contributed by atoms with Crippen molar-refractivity contribution in [2.75, 3.05) is 5.32 Å². The van der Waals surface area contributed by atoms with E-state index in [1.54, 1.807) is 24.3 Å². The lowest BCUT2D eigenvalue weighted by molar-refractivity contribution is 0.102. The number of aromatic amines is 1. The van der Waals surface area contributed by atoms with E-state index in [0.717, 1.165) is 22.2 Å². The number of hydrogen-bond donors (Lipinski definition) is 2. The number of hydrogen-bond acceptors (Lipinski definition) is 2. The number of carbonyl (C=O) groups excluding carboxylic acids is 1. The topological polar surface area (TPSA) is 68.7 Å². The molecule has 1 heterocycles. The van der Waals surface area contributed by atoms with Crippen LogP contribution in [0.3, 0.4) is 0 Å². The number of benzene rings is 2. The van der Waals surface area contributed by atoms with Gasteiger partial charge < -0.3 is 10.3 Å². The molecule has 2 aromatic carbocycles. The Kier molecular flexibility index (Phi) is 3.40. The third-order valence-corrected chi connectivity index (χ3v) is 3.62. The molecular weight excluding hydrogens is 274 g/mol. The highest BCUT2D eigenvalue weighted by molar-refractivity contribution is 6.14. The fourth-order valence-corrected chi connectivity index (χ4v) is 2.60. The molecule has 2 N–H and O–H groups in total. The van der Waals surface area contributed by atoms with Crippen LogP contribution < -0.4 is 5.32 Å². The lowest BCUT2D eigenvalue weighted by Crippen LogP contribution is -2.12. The van der Waals surface area contributed by atoms with Crippen molar-refractivity contribution < 1.29 is 4.79 Å². The Morgan fingerprint density at radius 1 is 1.18 bits per heavy atom. The highest BCUT2D eigenvalue weighted by Crippen LogP contribution is 2.24. The third kappa shape index (κ3) is 2.45. The van der Waals surface area contributed by atoms with Crippen molar-refractivity contribution in [3.05, 3.63) is 64.8 Å². The first kappa shape index (κ1) is 13.9. The van der Waals surface area contributed by atoms with Crippen LogP contribution in [0.5, 0.6) is 0 Å². The molecule has 1 aromatic heterocycles. The highest BCUT2D eigenvalue weighted by Gasteiger charge is 2.16.